The molecule has 2 saturated heterocycles. The predicted molar refractivity (Wildman–Crippen MR) is 159 cm³/mol. The van der Waals surface area contributed by atoms with Crippen LogP contribution >= 0.6 is 0 Å². The molecule has 2 aromatic carbocycles. The molecular formula is C31H35F2N7O3. The quantitative estimate of drug-likeness (QED) is 0.273. The molecule has 0 bridgehead atoms. The van der Waals surface area contributed by atoms with Gasteiger partial charge in [0, 0.05) is 67.3 Å². The van der Waals surface area contributed by atoms with E-state index in [1.54, 1.807) is 16.8 Å². The van der Waals surface area contributed by atoms with Crippen molar-refractivity contribution in [2.75, 3.05) is 41.6 Å². The van der Waals surface area contributed by atoms with Crippen LogP contribution in [0.5, 0.6) is 5.75 Å². The van der Waals surface area contributed by atoms with Crippen molar-refractivity contribution in [2.24, 2.45) is 7.05 Å². The number of anilines is 4. The first-order valence-corrected chi connectivity index (χ1v) is 14.5. The predicted octanol–water partition coefficient (Wildman–Crippen LogP) is 5.79. The third-order valence-electron chi connectivity index (χ3n) is 7.56. The van der Waals surface area contributed by atoms with Gasteiger partial charge >= 0.3 is 0 Å². The fourth-order valence-corrected chi connectivity index (χ4v) is 5.80. The number of aromatic nitrogens is 4. The minimum Gasteiger partial charge on any atom is -0.492 e. The molecular weight excluding hydrogens is 556 g/mol. The molecule has 0 spiro atoms. The molecule has 43 heavy (non-hydrogen) atoms. The highest BCUT2D eigenvalue weighted by molar-refractivity contribution is 5.85. The molecule has 2 fully saturated rings. The first-order valence-electron chi connectivity index (χ1n) is 14.5. The van der Waals surface area contributed by atoms with Crippen LogP contribution in [0, 0.1) is 11.6 Å². The Morgan fingerprint density at radius 1 is 1.09 bits per heavy atom. The van der Waals surface area contributed by atoms with Crippen LogP contribution in [0.4, 0.5) is 31.8 Å². The number of halogens is 2. The summed E-state index contributed by atoms with van der Waals surface area (Å²) in [5, 5.41) is 9.32. The van der Waals surface area contributed by atoms with Gasteiger partial charge in [-0.2, -0.15) is 5.10 Å². The van der Waals surface area contributed by atoms with E-state index in [0.717, 1.165) is 36.0 Å². The topological polar surface area (TPSA) is 89.8 Å². The number of hydroxylamine groups is 1. The first kappa shape index (κ1) is 28.8. The number of hydrogen-bond donors (Lipinski definition) is 1. The lowest BCUT2D eigenvalue weighted by atomic mass is 10.0. The zero-order chi connectivity index (χ0) is 30.1. The molecule has 0 radical (unpaired) electrons. The van der Waals surface area contributed by atoms with Gasteiger partial charge in [-0.05, 0) is 32.9 Å². The summed E-state index contributed by atoms with van der Waals surface area (Å²) < 4.78 is 42.6. The summed E-state index contributed by atoms with van der Waals surface area (Å²) in [6.07, 6.45) is 5.87. The van der Waals surface area contributed by atoms with Gasteiger partial charge in [-0.3, -0.25) is 9.52 Å². The second kappa shape index (κ2) is 12.1. The van der Waals surface area contributed by atoms with E-state index in [1.807, 2.05) is 38.5 Å². The van der Waals surface area contributed by atoms with Crippen molar-refractivity contribution in [1.82, 2.24) is 19.7 Å². The Labute approximate surface area is 249 Å². The van der Waals surface area contributed by atoms with E-state index in [-0.39, 0.29) is 17.8 Å². The largest absolute Gasteiger partial charge is 0.492 e. The van der Waals surface area contributed by atoms with Crippen molar-refractivity contribution in [3.8, 4) is 16.9 Å². The number of nitrogens with zero attached hydrogens (tertiary/aromatic N) is 6. The maximum Gasteiger partial charge on any atom is 0.164 e. The van der Waals surface area contributed by atoms with Crippen LogP contribution in [0.2, 0.25) is 0 Å². The fraction of sp³-hybridized carbons (Fsp3) is 0.387. The fourth-order valence-electron chi connectivity index (χ4n) is 5.80. The van der Waals surface area contributed by atoms with Gasteiger partial charge < -0.3 is 19.7 Å². The Kier molecular flexibility index (Phi) is 8.13. The molecule has 2 aliphatic rings. The minimum atomic E-state index is -0.897. The zero-order valence-electron chi connectivity index (χ0n) is 24.6. The van der Waals surface area contributed by atoms with Crippen LogP contribution in [0.3, 0.4) is 0 Å². The van der Waals surface area contributed by atoms with E-state index < -0.39 is 17.7 Å². The first-order chi connectivity index (χ1) is 20.8. The third kappa shape index (κ3) is 5.98. The molecule has 2 aliphatic heterocycles. The van der Waals surface area contributed by atoms with Crippen molar-refractivity contribution >= 4 is 23.0 Å². The summed E-state index contributed by atoms with van der Waals surface area (Å²) in [5.74, 6) is -0.217. The second-order valence-corrected chi connectivity index (χ2v) is 10.9. The monoisotopic (exact) mass is 591 g/mol. The molecule has 0 aliphatic carbocycles. The Balaban J connectivity index is 1.36. The molecule has 3 atom stereocenters. The Bertz CT molecular complexity index is 1590. The number of benzene rings is 2. The molecule has 6 rings (SSSR count). The van der Waals surface area contributed by atoms with Gasteiger partial charge in [0.25, 0.3) is 0 Å². The average molecular weight is 592 g/mol. The van der Waals surface area contributed by atoms with Gasteiger partial charge in [0.1, 0.15) is 17.9 Å². The standard InChI is InChI=1S/C31H35F2N7O3/c1-5-41-28-12-27(39-15-19(2)43-20(3)16-39)23(21-14-36-38(4)17-21)11-25(28)37-29-13-30(35-18-34-29)40-26(9-10-42-40)22-7-6-8-24(32)31(22)33/h6-8,11-14,17-20,26H,5,9-10,15-16H2,1-4H3,(H,34,35,37)/t19-,20+,26-/m1/s1. The van der Waals surface area contributed by atoms with Crippen LogP contribution in [0.25, 0.3) is 11.1 Å². The van der Waals surface area contributed by atoms with Gasteiger partial charge in [0.05, 0.1) is 43.3 Å². The summed E-state index contributed by atoms with van der Waals surface area (Å²) in [4.78, 5) is 17.0. The lowest BCUT2D eigenvalue weighted by Gasteiger charge is -2.38. The lowest BCUT2D eigenvalue weighted by molar-refractivity contribution is -0.00519. The smallest absolute Gasteiger partial charge is 0.164 e. The van der Waals surface area contributed by atoms with Gasteiger partial charge in [0.2, 0.25) is 0 Å². The van der Waals surface area contributed by atoms with Gasteiger partial charge in [-0.15, -0.1) is 0 Å². The van der Waals surface area contributed by atoms with Crippen LogP contribution in [0.15, 0.2) is 55.1 Å². The minimum absolute atomic E-state index is 0.0794. The van der Waals surface area contributed by atoms with Gasteiger partial charge in [-0.1, -0.05) is 12.1 Å². The highest BCUT2D eigenvalue weighted by Gasteiger charge is 2.32. The summed E-state index contributed by atoms with van der Waals surface area (Å²) in [7, 11) is 1.89. The SMILES string of the molecule is CCOc1cc(N2C[C@@H](C)O[C@@H](C)C2)c(-c2cnn(C)c2)cc1Nc1cc(N2OCC[C@@H]2c2cccc(F)c2F)ncn1. The van der Waals surface area contributed by atoms with E-state index in [0.29, 0.717) is 42.7 Å². The molecule has 12 heteroatoms. The molecule has 4 aromatic rings. The van der Waals surface area contributed by atoms with Crippen molar-refractivity contribution in [3.63, 3.8) is 0 Å². The summed E-state index contributed by atoms with van der Waals surface area (Å²) in [6.45, 7) is 8.40. The highest BCUT2D eigenvalue weighted by atomic mass is 19.2. The molecule has 226 valence electrons. The Morgan fingerprint density at radius 3 is 2.65 bits per heavy atom. The zero-order valence-corrected chi connectivity index (χ0v) is 24.6. The van der Waals surface area contributed by atoms with E-state index >= 15 is 0 Å². The number of nitrogens with one attached hydrogen (secondary N) is 1. The highest BCUT2D eigenvalue weighted by Crippen LogP contribution is 2.42. The summed E-state index contributed by atoms with van der Waals surface area (Å²) in [6, 6.07) is 9.44. The molecule has 2 aromatic heterocycles. The third-order valence-corrected chi connectivity index (χ3v) is 7.56. The molecule has 0 unspecified atom stereocenters. The van der Waals surface area contributed by atoms with Gasteiger partial charge in [-0.25, -0.2) is 23.8 Å². The number of aryl methyl sites for hydroxylation is 1. The van der Waals surface area contributed by atoms with Crippen LogP contribution in [-0.2, 0) is 16.6 Å². The normalized spacial score (nSPS) is 20.5. The summed E-state index contributed by atoms with van der Waals surface area (Å²) in [5.41, 5.74) is 3.90. The molecule has 4 heterocycles. The Hall–Kier alpha value is -4.29. The van der Waals surface area contributed by atoms with Crippen molar-refractivity contribution < 1.29 is 23.1 Å². The number of rotatable bonds is 8. The maximum absolute atomic E-state index is 14.7. The lowest BCUT2D eigenvalue weighted by Crippen LogP contribution is -2.45. The van der Waals surface area contributed by atoms with Crippen LogP contribution in [0.1, 0.15) is 38.8 Å². The number of hydrogen-bond acceptors (Lipinski definition) is 9. The van der Waals surface area contributed by atoms with E-state index in [2.05, 4.69) is 39.1 Å². The average Bonchev–Trinajstić information content (AvgIpc) is 3.64. The molecule has 1 N–H and O–H groups in total. The van der Waals surface area contributed by atoms with E-state index in [1.165, 1.54) is 17.5 Å². The molecule has 0 amide bonds. The number of morpholine rings is 1. The van der Waals surface area contributed by atoms with Crippen molar-refractivity contribution in [3.05, 3.63) is 72.3 Å². The van der Waals surface area contributed by atoms with E-state index in [9.17, 15) is 8.78 Å². The molecule has 10 nitrogen and oxygen atoms in total. The maximum atomic E-state index is 14.7. The number of ether oxygens (including phenoxy) is 2. The van der Waals surface area contributed by atoms with E-state index in [4.69, 9.17) is 14.3 Å². The second-order valence-electron chi connectivity index (χ2n) is 10.9. The molecule has 0 saturated carbocycles. The van der Waals surface area contributed by atoms with Crippen LogP contribution in [-0.4, -0.2) is 58.3 Å². The van der Waals surface area contributed by atoms with Gasteiger partial charge in [0.15, 0.2) is 17.5 Å². The Morgan fingerprint density at radius 2 is 1.91 bits per heavy atom. The van der Waals surface area contributed by atoms with Crippen molar-refractivity contribution in [2.45, 2.75) is 45.4 Å². The van der Waals surface area contributed by atoms with Crippen molar-refractivity contribution in [1.29, 1.82) is 0 Å². The summed E-state index contributed by atoms with van der Waals surface area (Å²) >= 11 is 0. The van der Waals surface area contributed by atoms with Crippen LogP contribution < -0.4 is 20.0 Å².